The summed E-state index contributed by atoms with van der Waals surface area (Å²) in [5.74, 6) is -3.48. The summed E-state index contributed by atoms with van der Waals surface area (Å²) >= 11 is 0. The van der Waals surface area contributed by atoms with Gasteiger partial charge in [0.2, 0.25) is 0 Å². The lowest BCUT2D eigenvalue weighted by molar-refractivity contribution is -0.146. The van der Waals surface area contributed by atoms with Crippen molar-refractivity contribution in [2.24, 2.45) is 17.8 Å². The molecule has 0 bridgehead atoms. The number of rotatable bonds is 1. The van der Waals surface area contributed by atoms with Crippen LogP contribution >= 0.6 is 0 Å². The van der Waals surface area contributed by atoms with Crippen molar-refractivity contribution in [2.45, 2.75) is 6.42 Å². The van der Waals surface area contributed by atoms with Crippen LogP contribution in [0, 0.1) is 17.8 Å². The Morgan fingerprint density at radius 2 is 1.93 bits per heavy atom. The van der Waals surface area contributed by atoms with Crippen LogP contribution in [0.2, 0.25) is 0 Å². The van der Waals surface area contributed by atoms with Gasteiger partial charge in [0.25, 0.3) is 0 Å². The lowest BCUT2D eigenvalue weighted by Gasteiger charge is -2.31. The second-order valence-electron chi connectivity index (χ2n) is 3.80. The van der Waals surface area contributed by atoms with Crippen LogP contribution in [0.5, 0.6) is 0 Å². The van der Waals surface area contributed by atoms with Gasteiger partial charge in [-0.1, -0.05) is 12.2 Å². The number of carboxylic acids is 1. The highest BCUT2D eigenvalue weighted by Crippen LogP contribution is 2.34. The molecule has 0 aromatic heterocycles. The molecule has 2 aliphatic carbocycles. The van der Waals surface area contributed by atoms with Crippen LogP contribution in [-0.2, 0) is 14.4 Å². The first-order valence-electron chi connectivity index (χ1n) is 4.76. The third-order valence-electron chi connectivity index (χ3n) is 2.94. The fourth-order valence-electron chi connectivity index (χ4n) is 2.19. The van der Waals surface area contributed by atoms with Crippen molar-refractivity contribution >= 4 is 17.5 Å². The van der Waals surface area contributed by atoms with Gasteiger partial charge in [0.05, 0.1) is 5.92 Å². The molecule has 15 heavy (non-hydrogen) atoms. The van der Waals surface area contributed by atoms with Gasteiger partial charge < -0.3 is 5.11 Å². The largest absolute Gasteiger partial charge is 0.481 e. The minimum absolute atomic E-state index is 0.143. The minimum atomic E-state index is -1.04. The number of carboxylic acid groups (broad SMARTS) is 1. The number of allylic oxidation sites excluding steroid dienone is 3. The van der Waals surface area contributed by atoms with E-state index in [0.717, 1.165) is 0 Å². The zero-order chi connectivity index (χ0) is 11.0. The van der Waals surface area contributed by atoms with E-state index in [1.165, 1.54) is 18.2 Å². The molecule has 0 saturated carbocycles. The molecule has 0 fully saturated rings. The van der Waals surface area contributed by atoms with Gasteiger partial charge in [0.15, 0.2) is 11.6 Å². The average Bonchev–Trinajstić information content (AvgIpc) is 2.23. The molecule has 0 aromatic rings. The lowest BCUT2D eigenvalue weighted by Crippen LogP contribution is -2.41. The molecule has 0 aliphatic heterocycles. The maximum atomic E-state index is 11.6. The summed E-state index contributed by atoms with van der Waals surface area (Å²) in [5, 5.41) is 8.94. The summed E-state index contributed by atoms with van der Waals surface area (Å²) in [6, 6.07) is 0. The summed E-state index contributed by atoms with van der Waals surface area (Å²) in [6.07, 6.45) is 6.08. The molecule has 2 rings (SSSR count). The van der Waals surface area contributed by atoms with Crippen molar-refractivity contribution in [1.29, 1.82) is 0 Å². The monoisotopic (exact) mass is 206 g/mol. The van der Waals surface area contributed by atoms with E-state index in [-0.39, 0.29) is 11.6 Å². The van der Waals surface area contributed by atoms with E-state index < -0.39 is 23.7 Å². The molecule has 0 radical (unpaired) electrons. The average molecular weight is 206 g/mol. The number of hydrogen-bond donors (Lipinski definition) is 1. The normalized spacial score (nSPS) is 34.0. The summed E-state index contributed by atoms with van der Waals surface area (Å²) in [4.78, 5) is 34.0. The summed E-state index contributed by atoms with van der Waals surface area (Å²) < 4.78 is 0. The van der Waals surface area contributed by atoms with Crippen molar-refractivity contribution in [3.8, 4) is 0 Å². The molecule has 0 saturated heterocycles. The standard InChI is InChI=1S/C11H10O4/c12-8-4-5-9(13)10-6(8)2-1-3-7(10)11(14)15/h1,3-7,10H,2H2,(H,14,15)/t6-,7+,10+/m0/s1. The fourth-order valence-corrected chi connectivity index (χ4v) is 2.19. The molecule has 78 valence electrons. The van der Waals surface area contributed by atoms with Gasteiger partial charge >= 0.3 is 5.97 Å². The van der Waals surface area contributed by atoms with Gasteiger partial charge in [-0.3, -0.25) is 14.4 Å². The fraction of sp³-hybridized carbons (Fsp3) is 0.364. The number of hydrogen-bond acceptors (Lipinski definition) is 3. The smallest absolute Gasteiger partial charge is 0.311 e. The lowest BCUT2D eigenvalue weighted by atomic mass is 9.69. The molecule has 1 N–H and O–H groups in total. The third-order valence-corrected chi connectivity index (χ3v) is 2.94. The van der Waals surface area contributed by atoms with E-state index in [9.17, 15) is 14.4 Å². The van der Waals surface area contributed by atoms with Crippen LogP contribution in [0.1, 0.15) is 6.42 Å². The highest BCUT2D eigenvalue weighted by Gasteiger charge is 2.43. The molecule has 0 aromatic carbocycles. The van der Waals surface area contributed by atoms with E-state index in [1.807, 2.05) is 0 Å². The Balaban J connectivity index is 2.40. The van der Waals surface area contributed by atoms with Crippen LogP contribution < -0.4 is 0 Å². The Morgan fingerprint density at radius 1 is 1.27 bits per heavy atom. The number of aliphatic carboxylic acids is 1. The third kappa shape index (κ3) is 1.52. The molecule has 2 aliphatic rings. The molecule has 3 atom stereocenters. The Hall–Kier alpha value is -1.71. The van der Waals surface area contributed by atoms with Crippen LogP contribution in [0.15, 0.2) is 24.3 Å². The summed E-state index contributed by atoms with van der Waals surface area (Å²) in [7, 11) is 0. The molecule has 0 spiro atoms. The van der Waals surface area contributed by atoms with Crippen molar-refractivity contribution in [1.82, 2.24) is 0 Å². The molecular formula is C11H10O4. The SMILES string of the molecule is O=C1C=CC(=O)[C@@H]2CC=C[C@@H](C(=O)O)[C@H]12. The van der Waals surface area contributed by atoms with Gasteiger partial charge in [-0.2, -0.15) is 0 Å². The Labute approximate surface area is 86.3 Å². The van der Waals surface area contributed by atoms with Crippen molar-refractivity contribution in [3.63, 3.8) is 0 Å². The van der Waals surface area contributed by atoms with Gasteiger partial charge in [-0.15, -0.1) is 0 Å². The number of ketones is 2. The van der Waals surface area contributed by atoms with Gasteiger partial charge in [0.1, 0.15) is 0 Å². The van der Waals surface area contributed by atoms with Crippen LogP contribution in [0.3, 0.4) is 0 Å². The second-order valence-corrected chi connectivity index (χ2v) is 3.80. The Morgan fingerprint density at radius 3 is 2.60 bits per heavy atom. The van der Waals surface area contributed by atoms with E-state index >= 15 is 0 Å². The van der Waals surface area contributed by atoms with E-state index in [4.69, 9.17) is 5.11 Å². The summed E-state index contributed by atoms with van der Waals surface area (Å²) in [6.45, 7) is 0. The second kappa shape index (κ2) is 3.46. The molecule has 4 heteroatoms. The first-order valence-corrected chi connectivity index (χ1v) is 4.76. The maximum absolute atomic E-state index is 11.6. The highest BCUT2D eigenvalue weighted by atomic mass is 16.4. The molecule has 0 amide bonds. The molecule has 0 unspecified atom stereocenters. The first kappa shape index (κ1) is 9.83. The Bertz CT molecular complexity index is 391. The highest BCUT2D eigenvalue weighted by molar-refractivity contribution is 6.08. The number of carbonyl (C=O) groups is 3. The van der Waals surface area contributed by atoms with Crippen molar-refractivity contribution < 1.29 is 19.5 Å². The van der Waals surface area contributed by atoms with Crippen molar-refractivity contribution in [3.05, 3.63) is 24.3 Å². The topological polar surface area (TPSA) is 71.4 Å². The predicted octanol–water partition coefficient (Wildman–Crippen LogP) is 0.587. The van der Waals surface area contributed by atoms with E-state index in [0.29, 0.717) is 6.42 Å². The number of carbonyl (C=O) groups excluding carboxylic acids is 2. The predicted molar refractivity (Wildman–Crippen MR) is 51.0 cm³/mol. The van der Waals surface area contributed by atoms with Gasteiger partial charge in [-0.25, -0.2) is 0 Å². The van der Waals surface area contributed by atoms with Crippen LogP contribution in [-0.4, -0.2) is 22.6 Å². The zero-order valence-corrected chi connectivity index (χ0v) is 7.92. The van der Waals surface area contributed by atoms with Crippen molar-refractivity contribution in [2.75, 3.05) is 0 Å². The van der Waals surface area contributed by atoms with Gasteiger partial charge in [-0.05, 0) is 18.6 Å². The van der Waals surface area contributed by atoms with E-state index in [1.54, 1.807) is 6.08 Å². The number of fused-ring (bicyclic) bond motifs is 1. The van der Waals surface area contributed by atoms with Crippen LogP contribution in [0.25, 0.3) is 0 Å². The molecule has 0 heterocycles. The minimum Gasteiger partial charge on any atom is -0.481 e. The first-order chi connectivity index (χ1) is 7.11. The quantitative estimate of drug-likeness (QED) is 0.637. The van der Waals surface area contributed by atoms with E-state index in [2.05, 4.69) is 0 Å². The Kier molecular flexibility index (Phi) is 2.26. The van der Waals surface area contributed by atoms with Gasteiger partial charge in [0, 0.05) is 11.8 Å². The van der Waals surface area contributed by atoms with Crippen LogP contribution in [0.4, 0.5) is 0 Å². The molecule has 4 nitrogen and oxygen atoms in total. The maximum Gasteiger partial charge on any atom is 0.311 e. The summed E-state index contributed by atoms with van der Waals surface area (Å²) in [5.41, 5.74) is 0. The molecular weight excluding hydrogens is 196 g/mol. The zero-order valence-electron chi connectivity index (χ0n) is 7.92.